The molecule has 4 aromatic heterocycles. The summed E-state index contributed by atoms with van der Waals surface area (Å²) in [5.74, 6) is 2.79. The molecule has 148 valence electrons. The number of nitrogens with one attached hydrogen (secondary N) is 2. The van der Waals surface area contributed by atoms with Crippen LogP contribution < -0.4 is 5.32 Å². The highest BCUT2D eigenvalue weighted by atomic mass is 19.1. The van der Waals surface area contributed by atoms with Crippen molar-refractivity contribution in [3.63, 3.8) is 0 Å². The van der Waals surface area contributed by atoms with Crippen molar-refractivity contribution in [1.82, 2.24) is 24.6 Å². The van der Waals surface area contributed by atoms with Crippen LogP contribution in [-0.4, -0.2) is 30.6 Å². The molecular formula is C22H23FN6. The number of halogens is 1. The van der Waals surface area contributed by atoms with Crippen molar-refractivity contribution >= 4 is 22.4 Å². The molecule has 3 aliphatic rings. The number of fused-ring (bicyclic) bond motifs is 5. The van der Waals surface area contributed by atoms with Crippen LogP contribution in [0.5, 0.6) is 0 Å². The summed E-state index contributed by atoms with van der Waals surface area (Å²) in [6, 6.07) is 5.67. The van der Waals surface area contributed by atoms with E-state index in [0.29, 0.717) is 35.0 Å². The minimum atomic E-state index is -0.298. The van der Waals surface area contributed by atoms with E-state index in [1.54, 1.807) is 16.9 Å². The van der Waals surface area contributed by atoms with E-state index in [4.69, 9.17) is 4.98 Å². The highest BCUT2D eigenvalue weighted by Crippen LogP contribution is 2.46. The molecule has 4 aromatic rings. The average molecular weight is 390 g/mol. The number of hydrogen-bond acceptors (Lipinski definition) is 4. The predicted molar refractivity (Wildman–Crippen MR) is 110 cm³/mol. The first-order chi connectivity index (χ1) is 14.2. The zero-order valence-corrected chi connectivity index (χ0v) is 16.3. The van der Waals surface area contributed by atoms with Crippen LogP contribution in [0.1, 0.15) is 32.6 Å². The molecule has 3 saturated carbocycles. The molecule has 0 amide bonds. The first kappa shape index (κ1) is 16.9. The second-order valence-electron chi connectivity index (χ2n) is 8.55. The van der Waals surface area contributed by atoms with Crippen LogP contribution >= 0.6 is 0 Å². The standard InChI is InChI=1S/C22H23FN6/c1-12-13-4-6-14(7-5-13)18(12)26-22-19-17(23)8-10-29(19)28-21(27-22)16-11-25-20-15(16)3-2-9-24-20/h2-3,8-14,18H,4-7H2,1H3,(H,24,25)(H,26,27,28)/t12-,13?,14?,18+/m0/s1. The molecular weight excluding hydrogens is 367 g/mol. The van der Waals surface area contributed by atoms with Crippen molar-refractivity contribution < 1.29 is 4.39 Å². The van der Waals surface area contributed by atoms with Crippen molar-refractivity contribution in [3.8, 4) is 11.4 Å². The summed E-state index contributed by atoms with van der Waals surface area (Å²) < 4.78 is 16.2. The summed E-state index contributed by atoms with van der Waals surface area (Å²) in [4.78, 5) is 12.3. The van der Waals surface area contributed by atoms with Crippen molar-refractivity contribution in [2.24, 2.45) is 17.8 Å². The number of hydrogen-bond donors (Lipinski definition) is 2. The first-order valence-corrected chi connectivity index (χ1v) is 10.4. The minimum Gasteiger partial charge on any atom is -0.365 e. The maximum Gasteiger partial charge on any atom is 0.184 e. The Balaban J connectivity index is 1.48. The molecule has 0 aliphatic heterocycles. The Labute approximate surface area is 167 Å². The van der Waals surface area contributed by atoms with Crippen LogP contribution in [0.3, 0.4) is 0 Å². The van der Waals surface area contributed by atoms with E-state index in [-0.39, 0.29) is 5.82 Å². The van der Waals surface area contributed by atoms with Gasteiger partial charge >= 0.3 is 0 Å². The van der Waals surface area contributed by atoms with Crippen molar-refractivity contribution in [2.45, 2.75) is 38.6 Å². The lowest BCUT2D eigenvalue weighted by atomic mass is 9.62. The minimum absolute atomic E-state index is 0.298. The van der Waals surface area contributed by atoms with Gasteiger partial charge in [0.05, 0.1) is 0 Å². The molecule has 0 saturated heterocycles. The highest BCUT2D eigenvalue weighted by Gasteiger charge is 2.41. The lowest BCUT2D eigenvalue weighted by Gasteiger charge is -2.47. The molecule has 6 nitrogen and oxygen atoms in total. The Bertz CT molecular complexity index is 1200. The lowest BCUT2D eigenvalue weighted by Crippen LogP contribution is -2.47. The Hall–Kier alpha value is -2.96. The van der Waals surface area contributed by atoms with Gasteiger partial charge in [-0.25, -0.2) is 18.9 Å². The highest BCUT2D eigenvalue weighted by molar-refractivity contribution is 5.91. The molecule has 29 heavy (non-hydrogen) atoms. The lowest BCUT2D eigenvalue weighted by molar-refractivity contribution is 0.0928. The van der Waals surface area contributed by atoms with Gasteiger partial charge in [-0.05, 0) is 61.6 Å². The van der Waals surface area contributed by atoms with Gasteiger partial charge in [0.15, 0.2) is 17.5 Å². The van der Waals surface area contributed by atoms with E-state index in [2.05, 4.69) is 27.3 Å². The van der Waals surface area contributed by atoms with Gasteiger partial charge in [0.2, 0.25) is 0 Å². The van der Waals surface area contributed by atoms with Crippen molar-refractivity contribution in [1.29, 1.82) is 0 Å². The predicted octanol–water partition coefficient (Wildman–Crippen LogP) is 4.65. The molecule has 2 bridgehead atoms. The fourth-order valence-corrected chi connectivity index (χ4v) is 5.50. The zero-order chi connectivity index (χ0) is 19.5. The number of anilines is 1. The number of aromatic nitrogens is 5. The van der Waals surface area contributed by atoms with Crippen LogP contribution in [0.25, 0.3) is 27.9 Å². The number of rotatable bonds is 3. The van der Waals surface area contributed by atoms with Gasteiger partial charge < -0.3 is 10.3 Å². The summed E-state index contributed by atoms with van der Waals surface area (Å²) >= 11 is 0. The van der Waals surface area contributed by atoms with Crippen LogP contribution in [0.15, 0.2) is 36.8 Å². The van der Waals surface area contributed by atoms with Crippen LogP contribution in [0, 0.1) is 23.6 Å². The average Bonchev–Trinajstić information content (AvgIpc) is 3.35. The monoisotopic (exact) mass is 390 g/mol. The Kier molecular flexibility index (Phi) is 3.66. The van der Waals surface area contributed by atoms with Gasteiger partial charge in [-0.3, -0.25) is 0 Å². The van der Waals surface area contributed by atoms with Gasteiger partial charge in [0.25, 0.3) is 0 Å². The molecule has 4 heterocycles. The quantitative estimate of drug-likeness (QED) is 0.534. The SMILES string of the molecule is C[C@H]1C2CCC(CC2)[C@@H]1Nc1nc(-c2c[nH]c3ncccc23)nn2ccc(F)c12. The largest absolute Gasteiger partial charge is 0.365 e. The summed E-state index contributed by atoms with van der Waals surface area (Å²) in [5.41, 5.74) is 2.07. The Morgan fingerprint density at radius 3 is 2.83 bits per heavy atom. The number of nitrogens with zero attached hydrogens (tertiary/aromatic N) is 4. The third-order valence-corrected chi connectivity index (χ3v) is 7.09. The molecule has 7 heteroatoms. The third-order valence-electron chi connectivity index (χ3n) is 7.09. The van der Waals surface area contributed by atoms with Gasteiger partial charge in [-0.15, -0.1) is 5.10 Å². The van der Waals surface area contributed by atoms with E-state index in [1.807, 2.05) is 18.3 Å². The van der Waals surface area contributed by atoms with Crippen LogP contribution in [-0.2, 0) is 0 Å². The number of H-pyrrole nitrogens is 1. The fraction of sp³-hybridized carbons (Fsp3) is 0.409. The first-order valence-electron chi connectivity index (χ1n) is 10.4. The smallest absolute Gasteiger partial charge is 0.184 e. The van der Waals surface area contributed by atoms with E-state index in [9.17, 15) is 4.39 Å². The second kappa shape index (κ2) is 6.27. The molecule has 0 unspecified atom stereocenters. The van der Waals surface area contributed by atoms with Crippen LogP contribution in [0.2, 0.25) is 0 Å². The van der Waals surface area contributed by atoms with E-state index >= 15 is 0 Å². The number of pyridine rings is 1. The summed E-state index contributed by atoms with van der Waals surface area (Å²) in [7, 11) is 0. The van der Waals surface area contributed by atoms with Gasteiger partial charge in [-0.1, -0.05) is 6.92 Å². The van der Waals surface area contributed by atoms with E-state index < -0.39 is 0 Å². The molecule has 3 fully saturated rings. The maximum absolute atomic E-state index is 14.6. The Morgan fingerprint density at radius 1 is 1.17 bits per heavy atom. The summed E-state index contributed by atoms with van der Waals surface area (Å²) in [6.07, 6.45) is 10.4. The topological polar surface area (TPSA) is 70.9 Å². The molecule has 0 aromatic carbocycles. The van der Waals surface area contributed by atoms with E-state index in [0.717, 1.165) is 22.5 Å². The van der Waals surface area contributed by atoms with Crippen molar-refractivity contribution in [2.75, 3.05) is 5.32 Å². The molecule has 0 spiro atoms. The molecule has 0 radical (unpaired) electrons. The zero-order valence-electron chi connectivity index (χ0n) is 16.3. The van der Waals surface area contributed by atoms with Crippen LogP contribution in [0.4, 0.5) is 10.2 Å². The summed E-state index contributed by atoms with van der Waals surface area (Å²) in [5, 5.41) is 9.19. The van der Waals surface area contributed by atoms with Gasteiger partial charge in [-0.2, -0.15) is 0 Å². The maximum atomic E-state index is 14.6. The second-order valence-corrected chi connectivity index (χ2v) is 8.55. The molecule has 7 rings (SSSR count). The molecule has 2 atom stereocenters. The fourth-order valence-electron chi connectivity index (χ4n) is 5.50. The van der Waals surface area contributed by atoms with E-state index in [1.165, 1.54) is 31.7 Å². The van der Waals surface area contributed by atoms with Gasteiger partial charge in [0.1, 0.15) is 11.2 Å². The summed E-state index contributed by atoms with van der Waals surface area (Å²) in [6.45, 7) is 2.33. The normalized spacial score (nSPS) is 26.4. The third kappa shape index (κ3) is 2.56. The van der Waals surface area contributed by atoms with Gasteiger partial charge in [0, 0.05) is 35.6 Å². The molecule has 2 N–H and O–H groups in total. The Morgan fingerprint density at radius 2 is 2.00 bits per heavy atom. The molecule has 3 aliphatic carbocycles. The van der Waals surface area contributed by atoms with Crippen molar-refractivity contribution in [3.05, 3.63) is 42.6 Å². The number of aromatic amines is 1.